The van der Waals surface area contributed by atoms with E-state index in [2.05, 4.69) is 48.5 Å². The summed E-state index contributed by atoms with van der Waals surface area (Å²) in [5, 5.41) is -7.95. The minimum absolute atomic E-state index is 0.223. The van der Waals surface area contributed by atoms with Crippen LogP contribution in [0.3, 0.4) is 0 Å². The lowest BCUT2D eigenvalue weighted by atomic mass is 9.91. The Morgan fingerprint density at radius 2 is 0.839 bits per heavy atom. The molecule has 25 heteroatoms. The first-order valence-corrected chi connectivity index (χ1v) is 17.1. The molecule has 3 rings (SSSR count). The third-order valence-electron chi connectivity index (χ3n) is 6.62. The van der Waals surface area contributed by atoms with Crippen LogP contribution in [0.4, 0.5) is 79.4 Å². The molecule has 0 saturated heterocycles. The van der Waals surface area contributed by atoms with E-state index in [0.29, 0.717) is 5.75 Å². The average Bonchev–Trinajstić information content (AvgIpc) is 3.04. The van der Waals surface area contributed by atoms with Gasteiger partial charge in [-0.2, -0.15) is 74.6 Å². The Balaban J connectivity index is 0.000000387. The van der Waals surface area contributed by atoms with E-state index in [1.807, 2.05) is 57.2 Å². The summed E-state index contributed by atoms with van der Waals surface area (Å²) in [6.45, 7) is 5.42. The molecule has 0 saturated carbocycles. The van der Waals surface area contributed by atoms with Crippen LogP contribution >= 0.6 is 0 Å². The lowest BCUT2D eigenvalue weighted by Gasteiger charge is -2.42. The van der Waals surface area contributed by atoms with Gasteiger partial charge < -0.3 is 14.0 Å². The highest BCUT2D eigenvalue weighted by Gasteiger charge is 2.95. The zero-order valence-corrected chi connectivity index (χ0v) is 29.4. The summed E-state index contributed by atoms with van der Waals surface area (Å²) in [5.74, 6) is -51.7. The molecule has 0 unspecified atom stereocenters. The summed E-state index contributed by atoms with van der Waals surface area (Å²) in [6.07, 6.45) is -8.59. The molecule has 314 valence electrons. The lowest BCUT2D eigenvalue weighted by Crippen LogP contribution is -2.75. The number of ether oxygens (including phenoxy) is 2. The fourth-order valence-electron chi connectivity index (χ4n) is 3.84. The summed E-state index contributed by atoms with van der Waals surface area (Å²) < 4.78 is 255. The molecule has 0 aliphatic carbocycles. The Labute approximate surface area is 307 Å². The molecule has 0 bridgehead atoms. The monoisotopic (exact) mass is 878 g/mol. The van der Waals surface area contributed by atoms with Crippen molar-refractivity contribution in [2.45, 2.75) is 88.0 Å². The van der Waals surface area contributed by atoms with Crippen molar-refractivity contribution >= 4 is 27.2 Å². The molecule has 0 heterocycles. The second-order valence-corrected chi connectivity index (χ2v) is 15.3. The number of rotatable bonds is 11. The van der Waals surface area contributed by atoms with E-state index >= 15 is 0 Å². The number of hydrogen-bond donors (Lipinski definition) is 0. The Hall–Kier alpha value is -4.00. The molecular weight excluding hydrogens is 855 g/mol. The second kappa shape index (κ2) is 15.7. The van der Waals surface area contributed by atoms with Crippen LogP contribution in [0.1, 0.15) is 20.8 Å². The van der Waals surface area contributed by atoms with E-state index in [1.165, 1.54) is 9.79 Å². The SMILES string of the molecule is CC(C)(C)OC(=O)Oc1ccc([S+](c2ccccc2)c2ccccc2)cc1.O=S(=O)([O-])C(F)(F)C(F)(F)C(F)(F)C(F)(F)C(F)(F)C(F)(F)C(F)(F)C(F)(F)F. The fraction of sp³-hybridized carbons (Fsp3) is 0.387. The van der Waals surface area contributed by atoms with Gasteiger partial charge in [-0.15, -0.1) is 0 Å². The van der Waals surface area contributed by atoms with Gasteiger partial charge in [-0.3, -0.25) is 0 Å². The topological polar surface area (TPSA) is 92.7 Å². The van der Waals surface area contributed by atoms with Gasteiger partial charge in [0.2, 0.25) is 0 Å². The van der Waals surface area contributed by atoms with E-state index in [1.54, 1.807) is 0 Å². The van der Waals surface area contributed by atoms with E-state index in [4.69, 9.17) is 9.47 Å². The Morgan fingerprint density at radius 1 is 0.518 bits per heavy atom. The minimum atomic E-state index is -8.92. The average molecular weight is 879 g/mol. The van der Waals surface area contributed by atoms with Crippen molar-refractivity contribution in [3.63, 3.8) is 0 Å². The molecule has 0 atom stereocenters. The molecule has 0 amide bonds. The van der Waals surface area contributed by atoms with Gasteiger partial charge in [-0.25, -0.2) is 13.2 Å². The quantitative estimate of drug-likeness (QED) is 0.0626. The molecular formula is C31H23F17O6S2. The summed E-state index contributed by atoms with van der Waals surface area (Å²) in [5.41, 5.74) is -0.579. The number of benzene rings is 3. The Bertz CT molecular complexity index is 1860. The first kappa shape index (κ1) is 48.1. The highest BCUT2D eigenvalue weighted by molar-refractivity contribution is 7.97. The van der Waals surface area contributed by atoms with Crippen molar-refractivity contribution in [1.82, 2.24) is 0 Å². The molecule has 6 nitrogen and oxygen atoms in total. The third kappa shape index (κ3) is 9.08. The van der Waals surface area contributed by atoms with Gasteiger partial charge in [-0.1, -0.05) is 36.4 Å². The summed E-state index contributed by atoms with van der Waals surface area (Å²) in [7, 11) is -8.37. The summed E-state index contributed by atoms with van der Waals surface area (Å²) in [6, 6.07) is 28.4. The van der Waals surface area contributed by atoms with Crippen LogP contribution in [-0.2, 0) is 25.7 Å². The predicted molar refractivity (Wildman–Crippen MR) is 159 cm³/mol. The van der Waals surface area contributed by atoms with Crippen LogP contribution in [0.15, 0.2) is 99.6 Å². The molecule has 0 fully saturated rings. The van der Waals surface area contributed by atoms with Crippen molar-refractivity contribution < 1.29 is 102 Å². The highest BCUT2D eigenvalue weighted by atomic mass is 32.2. The molecule has 0 aliphatic rings. The predicted octanol–water partition coefficient (Wildman–Crippen LogP) is 10.6. The molecule has 3 aromatic carbocycles. The first-order chi connectivity index (χ1) is 24.9. The van der Waals surface area contributed by atoms with Crippen molar-refractivity contribution in [2.24, 2.45) is 0 Å². The van der Waals surface area contributed by atoms with Crippen LogP contribution in [0.25, 0.3) is 0 Å². The molecule has 0 aromatic heterocycles. The standard InChI is InChI=1S/C23H23O3S.C8HF17O3S/c1-23(2,3)26-22(24)25-18-14-16-21(17-15-18)27(19-10-6-4-7-11-19)20-12-8-5-9-13-20;9-1(10,3(13,14)5(17,18)7(21,22)23)2(11,12)4(15,16)6(19,20)8(24,25)29(26,27)28/h4-17H,1-3H3;(H,26,27,28)/q+1;/p-1. The van der Waals surface area contributed by atoms with Gasteiger partial charge in [0.15, 0.2) is 24.8 Å². The molecule has 0 spiro atoms. The van der Waals surface area contributed by atoms with Crippen molar-refractivity contribution in [2.75, 3.05) is 0 Å². The largest absolute Gasteiger partial charge is 0.743 e. The van der Waals surface area contributed by atoms with Crippen LogP contribution in [0, 0.1) is 0 Å². The molecule has 0 radical (unpaired) electrons. The van der Waals surface area contributed by atoms with E-state index in [-0.39, 0.29) is 10.9 Å². The fourth-order valence-corrected chi connectivity index (χ4v) is 6.36. The number of carbonyl (C=O) groups is 1. The molecule has 3 aromatic rings. The molecule has 56 heavy (non-hydrogen) atoms. The van der Waals surface area contributed by atoms with Gasteiger partial charge in [0, 0.05) is 0 Å². The lowest BCUT2D eigenvalue weighted by molar-refractivity contribution is -0.458. The van der Waals surface area contributed by atoms with Crippen LogP contribution in [-0.4, -0.2) is 71.7 Å². The maximum Gasteiger partial charge on any atom is 0.514 e. The van der Waals surface area contributed by atoms with Crippen molar-refractivity contribution in [3.05, 3.63) is 84.9 Å². The van der Waals surface area contributed by atoms with Gasteiger partial charge in [0.25, 0.3) is 0 Å². The Kier molecular flexibility index (Phi) is 13.5. The van der Waals surface area contributed by atoms with E-state index in [0.717, 1.165) is 4.90 Å². The normalized spacial score (nSPS) is 14.2. The van der Waals surface area contributed by atoms with Crippen LogP contribution in [0.2, 0.25) is 0 Å². The van der Waals surface area contributed by atoms with Gasteiger partial charge in [-0.05, 0) is 69.3 Å². The number of alkyl halides is 17. The summed E-state index contributed by atoms with van der Waals surface area (Å²) in [4.78, 5) is 15.5. The Morgan fingerprint density at radius 3 is 1.16 bits per heavy atom. The maximum atomic E-state index is 13.0. The number of halogens is 17. The van der Waals surface area contributed by atoms with Crippen LogP contribution < -0.4 is 4.74 Å². The number of carbonyl (C=O) groups excluding carboxylic acids is 1. The zero-order chi connectivity index (χ0) is 43.8. The minimum Gasteiger partial charge on any atom is -0.743 e. The van der Waals surface area contributed by atoms with Gasteiger partial charge in [0.05, 0.1) is 10.9 Å². The number of hydrogen-bond acceptors (Lipinski definition) is 6. The van der Waals surface area contributed by atoms with Crippen LogP contribution in [0.5, 0.6) is 5.75 Å². The maximum absolute atomic E-state index is 13.0. The van der Waals surface area contributed by atoms with E-state index in [9.17, 15) is 92.4 Å². The third-order valence-corrected chi connectivity index (χ3v) is 9.73. The zero-order valence-electron chi connectivity index (χ0n) is 27.8. The molecule has 0 aliphatic heterocycles. The van der Waals surface area contributed by atoms with E-state index < -0.39 is 68.8 Å². The molecule has 0 N–H and O–H groups in total. The smallest absolute Gasteiger partial charge is 0.514 e. The van der Waals surface area contributed by atoms with Gasteiger partial charge in [0.1, 0.15) is 11.4 Å². The second-order valence-electron chi connectivity index (χ2n) is 11.9. The van der Waals surface area contributed by atoms with Crippen molar-refractivity contribution in [3.8, 4) is 5.75 Å². The summed E-state index contributed by atoms with van der Waals surface area (Å²) >= 11 is 0. The highest BCUT2D eigenvalue weighted by Crippen LogP contribution is 2.64. The van der Waals surface area contributed by atoms with Crippen molar-refractivity contribution in [1.29, 1.82) is 0 Å². The van der Waals surface area contributed by atoms with Gasteiger partial charge >= 0.3 is 53.1 Å². The first-order valence-electron chi connectivity index (χ1n) is 14.4.